The number of benzene rings is 2. The number of carbonyl (C=O) groups excluding carboxylic acids is 1. The summed E-state index contributed by atoms with van der Waals surface area (Å²) in [6.07, 6.45) is -0.429. The second-order valence-corrected chi connectivity index (χ2v) is 9.46. The summed E-state index contributed by atoms with van der Waals surface area (Å²) in [4.78, 5) is 26.2. The fourth-order valence-electron chi connectivity index (χ4n) is 4.85. The molecule has 37 heavy (non-hydrogen) atoms. The maximum Gasteiger partial charge on any atom is 0.490 e. The topological polar surface area (TPSA) is 79.3 Å². The van der Waals surface area contributed by atoms with Gasteiger partial charge in [-0.2, -0.15) is 13.2 Å². The molecule has 2 aromatic carbocycles. The van der Waals surface area contributed by atoms with Crippen molar-refractivity contribution in [2.45, 2.75) is 38.4 Å². The minimum Gasteiger partial charge on any atom is -0.497 e. The number of carbonyl (C=O) groups is 2. The lowest BCUT2D eigenvalue weighted by Crippen LogP contribution is -2.48. The Bertz CT molecular complexity index is 1020. The minimum absolute atomic E-state index is 0.176. The van der Waals surface area contributed by atoms with Crippen LogP contribution in [0.5, 0.6) is 11.5 Å². The second-order valence-electron chi connectivity index (χ2n) is 9.46. The molecule has 4 rings (SSSR count). The van der Waals surface area contributed by atoms with Crippen molar-refractivity contribution in [3.05, 3.63) is 59.7 Å². The Morgan fingerprint density at radius 1 is 0.892 bits per heavy atom. The predicted molar refractivity (Wildman–Crippen MR) is 132 cm³/mol. The van der Waals surface area contributed by atoms with Gasteiger partial charge in [-0.15, -0.1) is 0 Å². The Morgan fingerprint density at radius 3 is 1.84 bits per heavy atom. The summed E-state index contributed by atoms with van der Waals surface area (Å²) >= 11 is 0. The molecule has 2 aromatic rings. The van der Waals surface area contributed by atoms with Gasteiger partial charge in [0.05, 0.1) is 14.2 Å². The lowest BCUT2D eigenvalue weighted by Gasteiger charge is -2.47. The number of likely N-dealkylation sites (tertiary alicyclic amines) is 2. The number of alkyl halides is 3. The van der Waals surface area contributed by atoms with Crippen LogP contribution in [0.25, 0.3) is 0 Å². The highest BCUT2D eigenvalue weighted by Crippen LogP contribution is 2.42. The van der Waals surface area contributed by atoms with Gasteiger partial charge in [0.1, 0.15) is 11.5 Å². The molecular formula is C27H33F3N2O5. The molecule has 1 amide bonds. The zero-order valence-corrected chi connectivity index (χ0v) is 21.1. The third-order valence-corrected chi connectivity index (χ3v) is 7.11. The van der Waals surface area contributed by atoms with Gasteiger partial charge in [-0.1, -0.05) is 18.2 Å². The Labute approximate surface area is 214 Å². The van der Waals surface area contributed by atoms with Crippen LogP contribution in [0.2, 0.25) is 0 Å². The highest BCUT2D eigenvalue weighted by molar-refractivity contribution is 5.94. The fourth-order valence-corrected chi connectivity index (χ4v) is 4.85. The number of hydrogen-bond acceptors (Lipinski definition) is 5. The molecule has 0 atom stereocenters. The molecule has 0 aromatic heterocycles. The first kappa shape index (κ1) is 28.3. The number of nitrogens with zero attached hydrogens (tertiary/aromatic N) is 2. The smallest absolute Gasteiger partial charge is 0.490 e. The molecule has 0 saturated carbocycles. The van der Waals surface area contributed by atoms with Crippen molar-refractivity contribution in [1.29, 1.82) is 0 Å². The van der Waals surface area contributed by atoms with Crippen LogP contribution in [0, 0.1) is 5.41 Å². The van der Waals surface area contributed by atoms with E-state index in [0.717, 1.165) is 62.6 Å². The van der Waals surface area contributed by atoms with Gasteiger partial charge in [0.25, 0.3) is 5.91 Å². The molecule has 0 bridgehead atoms. The molecule has 2 heterocycles. The maximum atomic E-state index is 12.7. The molecule has 10 heteroatoms. The van der Waals surface area contributed by atoms with E-state index in [0.29, 0.717) is 5.41 Å². The summed E-state index contributed by atoms with van der Waals surface area (Å²) in [6, 6.07) is 15.8. The SMILES string of the molecule is COc1cc(CN2CCC3(CC2)CCN(C(=O)c2ccccc2)CC3)cc(OC)c1.O=C(O)C(F)(F)F. The number of piperidine rings is 2. The van der Waals surface area contributed by atoms with Gasteiger partial charge in [0.15, 0.2) is 0 Å². The Balaban J connectivity index is 0.000000479. The van der Waals surface area contributed by atoms with E-state index in [1.807, 2.05) is 41.3 Å². The van der Waals surface area contributed by atoms with Crippen molar-refractivity contribution in [2.24, 2.45) is 5.41 Å². The average molecular weight is 523 g/mol. The predicted octanol–water partition coefficient (Wildman–Crippen LogP) is 4.86. The molecule has 2 aliphatic heterocycles. The molecule has 2 aliphatic rings. The highest BCUT2D eigenvalue weighted by Gasteiger charge is 2.39. The van der Waals surface area contributed by atoms with E-state index in [1.54, 1.807) is 14.2 Å². The van der Waals surface area contributed by atoms with E-state index in [9.17, 15) is 18.0 Å². The van der Waals surface area contributed by atoms with E-state index in [2.05, 4.69) is 17.0 Å². The van der Waals surface area contributed by atoms with Crippen molar-refractivity contribution >= 4 is 11.9 Å². The van der Waals surface area contributed by atoms with Gasteiger partial charge in [-0.05, 0) is 74.0 Å². The number of halogens is 3. The lowest BCUT2D eigenvalue weighted by atomic mass is 9.71. The van der Waals surface area contributed by atoms with Crippen LogP contribution in [0.3, 0.4) is 0 Å². The molecule has 7 nitrogen and oxygen atoms in total. The van der Waals surface area contributed by atoms with Crippen LogP contribution in [-0.4, -0.2) is 73.4 Å². The van der Waals surface area contributed by atoms with Crippen LogP contribution in [0.1, 0.15) is 41.6 Å². The monoisotopic (exact) mass is 522 g/mol. The summed E-state index contributed by atoms with van der Waals surface area (Å²) in [6.45, 7) is 4.88. The maximum absolute atomic E-state index is 12.7. The molecule has 2 fully saturated rings. The van der Waals surface area contributed by atoms with Gasteiger partial charge in [0, 0.05) is 31.3 Å². The van der Waals surface area contributed by atoms with Crippen LogP contribution in [-0.2, 0) is 11.3 Å². The summed E-state index contributed by atoms with van der Waals surface area (Å²) < 4.78 is 42.6. The number of ether oxygens (including phenoxy) is 2. The number of carboxylic acid groups (broad SMARTS) is 1. The molecule has 1 N–H and O–H groups in total. The van der Waals surface area contributed by atoms with Crippen molar-refractivity contribution in [3.8, 4) is 11.5 Å². The first-order valence-electron chi connectivity index (χ1n) is 12.1. The average Bonchev–Trinajstić information content (AvgIpc) is 2.90. The number of amides is 1. The third-order valence-electron chi connectivity index (χ3n) is 7.11. The lowest BCUT2D eigenvalue weighted by molar-refractivity contribution is -0.192. The molecule has 0 unspecified atom stereocenters. The number of aliphatic carboxylic acids is 1. The molecule has 0 radical (unpaired) electrons. The largest absolute Gasteiger partial charge is 0.497 e. The first-order valence-corrected chi connectivity index (χ1v) is 12.1. The van der Waals surface area contributed by atoms with Crippen molar-refractivity contribution in [1.82, 2.24) is 9.80 Å². The summed E-state index contributed by atoms with van der Waals surface area (Å²) in [5, 5.41) is 7.12. The Hall–Kier alpha value is -3.27. The molecule has 202 valence electrons. The molecule has 0 aliphatic carbocycles. The minimum atomic E-state index is -5.08. The number of carboxylic acids is 1. The first-order chi connectivity index (χ1) is 17.5. The van der Waals surface area contributed by atoms with Crippen LogP contribution < -0.4 is 9.47 Å². The Morgan fingerprint density at radius 2 is 1.38 bits per heavy atom. The molecular weight excluding hydrogens is 489 g/mol. The van der Waals surface area contributed by atoms with Crippen LogP contribution in [0.4, 0.5) is 13.2 Å². The normalized spacial score (nSPS) is 17.5. The van der Waals surface area contributed by atoms with Crippen molar-refractivity contribution in [2.75, 3.05) is 40.4 Å². The van der Waals surface area contributed by atoms with Crippen LogP contribution in [0.15, 0.2) is 48.5 Å². The standard InChI is InChI=1S/C25H32N2O3.C2HF3O2/c1-29-22-16-20(17-23(18-22)30-2)19-26-12-8-25(9-13-26)10-14-27(15-11-25)24(28)21-6-4-3-5-7-21;3-2(4,5)1(6)7/h3-7,16-18H,8-15,19H2,1-2H3;(H,6,7). The highest BCUT2D eigenvalue weighted by atomic mass is 19.4. The van der Waals surface area contributed by atoms with E-state index in [1.165, 1.54) is 18.4 Å². The van der Waals surface area contributed by atoms with E-state index < -0.39 is 12.1 Å². The van der Waals surface area contributed by atoms with Crippen molar-refractivity contribution < 1.29 is 37.3 Å². The third kappa shape index (κ3) is 7.85. The fraction of sp³-hybridized carbons (Fsp3) is 0.481. The van der Waals surface area contributed by atoms with Gasteiger partial charge in [-0.3, -0.25) is 9.69 Å². The summed E-state index contributed by atoms with van der Waals surface area (Å²) in [5.41, 5.74) is 2.43. The quantitative estimate of drug-likeness (QED) is 0.605. The van der Waals surface area contributed by atoms with E-state index in [4.69, 9.17) is 19.4 Å². The van der Waals surface area contributed by atoms with Gasteiger partial charge < -0.3 is 19.5 Å². The molecule has 1 spiro atoms. The summed E-state index contributed by atoms with van der Waals surface area (Å²) in [7, 11) is 3.39. The second kappa shape index (κ2) is 12.3. The molecule has 2 saturated heterocycles. The van der Waals surface area contributed by atoms with Gasteiger partial charge >= 0.3 is 12.1 Å². The van der Waals surface area contributed by atoms with E-state index in [-0.39, 0.29) is 5.91 Å². The van der Waals surface area contributed by atoms with Gasteiger partial charge in [0.2, 0.25) is 0 Å². The Kier molecular flexibility index (Phi) is 9.42. The van der Waals surface area contributed by atoms with Gasteiger partial charge in [-0.25, -0.2) is 4.79 Å². The number of hydrogen-bond donors (Lipinski definition) is 1. The number of rotatable bonds is 5. The van der Waals surface area contributed by atoms with Crippen LogP contribution >= 0.6 is 0 Å². The number of methoxy groups -OCH3 is 2. The summed E-state index contributed by atoms with van der Waals surface area (Å²) in [5.74, 6) is -0.899. The van der Waals surface area contributed by atoms with E-state index >= 15 is 0 Å². The zero-order valence-electron chi connectivity index (χ0n) is 21.1. The van der Waals surface area contributed by atoms with Crippen molar-refractivity contribution in [3.63, 3.8) is 0 Å². The zero-order chi connectivity index (χ0) is 27.1.